The van der Waals surface area contributed by atoms with Gasteiger partial charge in [0.15, 0.2) is 0 Å². The zero-order valence-electron chi connectivity index (χ0n) is 10.8. The minimum atomic E-state index is 0.0485. The van der Waals surface area contributed by atoms with E-state index in [4.69, 9.17) is 10.5 Å². The Balaban J connectivity index is 2.03. The van der Waals surface area contributed by atoms with Crippen molar-refractivity contribution in [1.82, 2.24) is 4.98 Å². The van der Waals surface area contributed by atoms with E-state index in [9.17, 15) is 0 Å². The summed E-state index contributed by atoms with van der Waals surface area (Å²) in [4.78, 5) is 4.15. The number of rotatable bonds is 5. The maximum absolute atomic E-state index is 6.21. The molecule has 1 aromatic carbocycles. The monoisotopic (exact) mass is 320 g/mol. The number of pyridine rings is 1. The van der Waals surface area contributed by atoms with Gasteiger partial charge in [-0.3, -0.25) is 4.98 Å². The molecule has 0 bridgehead atoms. The second kappa shape index (κ2) is 6.68. The maximum atomic E-state index is 6.21. The Kier molecular flexibility index (Phi) is 4.93. The smallest absolute Gasteiger partial charge is 0.122 e. The van der Waals surface area contributed by atoms with Crippen LogP contribution >= 0.6 is 15.9 Å². The van der Waals surface area contributed by atoms with Crippen LogP contribution in [0.3, 0.4) is 0 Å². The van der Waals surface area contributed by atoms with Gasteiger partial charge in [0.2, 0.25) is 0 Å². The molecule has 2 N–H and O–H groups in total. The highest BCUT2D eigenvalue weighted by Gasteiger charge is 2.09. The molecule has 0 saturated carbocycles. The number of hydrogen-bond donors (Lipinski definition) is 1. The zero-order chi connectivity index (χ0) is 13.7. The average Bonchev–Trinajstić information content (AvgIpc) is 2.39. The summed E-state index contributed by atoms with van der Waals surface area (Å²) in [5.41, 5.74) is 8.49. The Bertz CT molecular complexity index is 545. The third kappa shape index (κ3) is 4.04. The van der Waals surface area contributed by atoms with Gasteiger partial charge in [-0.15, -0.1) is 0 Å². The first-order valence-corrected chi connectivity index (χ1v) is 6.95. The van der Waals surface area contributed by atoms with Crippen molar-refractivity contribution >= 4 is 15.9 Å². The molecule has 0 aliphatic rings. The van der Waals surface area contributed by atoms with E-state index in [1.165, 1.54) is 0 Å². The van der Waals surface area contributed by atoms with Gasteiger partial charge in [-0.25, -0.2) is 0 Å². The first kappa shape index (κ1) is 14.0. The quantitative estimate of drug-likeness (QED) is 0.921. The van der Waals surface area contributed by atoms with Gasteiger partial charge in [0.05, 0.1) is 7.11 Å². The molecule has 0 spiro atoms. The number of nitrogens with two attached hydrogens (primary N) is 1. The Labute approximate surface area is 121 Å². The fourth-order valence-corrected chi connectivity index (χ4v) is 2.51. The van der Waals surface area contributed by atoms with Crippen LogP contribution in [0.2, 0.25) is 0 Å². The standard InChI is InChI=1S/C15H17BrN2O/c1-19-15-5-3-2-4-12(15)8-14(17)7-11-6-13(16)10-18-9-11/h2-6,9-10,14H,7-8,17H2,1H3. The van der Waals surface area contributed by atoms with E-state index in [1.54, 1.807) is 13.3 Å². The lowest BCUT2D eigenvalue weighted by molar-refractivity contribution is 0.408. The van der Waals surface area contributed by atoms with Crippen molar-refractivity contribution in [2.45, 2.75) is 18.9 Å². The highest BCUT2D eigenvalue weighted by Crippen LogP contribution is 2.19. The number of para-hydroxylation sites is 1. The number of aromatic nitrogens is 1. The minimum Gasteiger partial charge on any atom is -0.496 e. The molecule has 4 heteroatoms. The zero-order valence-corrected chi connectivity index (χ0v) is 12.4. The van der Waals surface area contributed by atoms with E-state index in [2.05, 4.69) is 33.0 Å². The highest BCUT2D eigenvalue weighted by atomic mass is 79.9. The summed E-state index contributed by atoms with van der Waals surface area (Å²) in [6, 6.07) is 10.1. The lowest BCUT2D eigenvalue weighted by atomic mass is 10.00. The van der Waals surface area contributed by atoms with Crippen LogP contribution in [-0.4, -0.2) is 18.1 Å². The molecule has 2 rings (SSSR count). The van der Waals surface area contributed by atoms with Gasteiger partial charge in [-0.2, -0.15) is 0 Å². The van der Waals surface area contributed by atoms with E-state index in [0.717, 1.165) is 34.2 Å². The van der Waals surface area contributed by atoms with Crippen molar-refractivity contribution in [3.05, 3.63) is 58.3 Å². The Morgan fingerprint density at radius 2 is 2.05 bits per heavy atom. The van der Waals surface area contributed by atoms with Crippen LogP contribution in [0.5, 0.6) is 5.75 Å². The van der Waals surface area contributed by atoms with Gasteiger partial charge in [-0.05, 0) is 52.0 Å². The molecular formula is C15H17BrN2O. The van der Waals surface area contributed by atoms with Crippen LogP contribution in [-0.2, 0) is 12.8 Å². The molecule has 0 saturated heterocycles. The van der Waals surface area contributed by atoms with Crippen LogP contribution in [0.15, 0.2) is 47.2 Å². The minimum absolute atomic E-state index is 0.0485. The van der Waals surface area contributed by atoms with Crippen molar-refractivity contribution in [2.75, 3.05) is 7.11 Å². The van der Waals surface area contributed by atoms with E-state index in [0.29, 0.717) is 0 Å². The predicted molar refractivity (Wildman–Crippen MR) is 80.3 cm³/mol. The van der Waals surface area contributed by atoms with Gasteiger partial charge in [0.1, 0.15) is 5.75 Å². The van der Waals surface area contributed by atoms with E-state index in [1.807, 2.05) is 24.4 Å². The van der Waals surface area contributed by atoms with Crippen LogP contribution in [0.25, 0.3) is 0 Å². The molecule has 1 aromatic heterocycles. The van der Waals surface area contributed by atoms with Gasteiger partial charge in [0.25, 0.3) is 0 Å². The van der Waals surface area contributed by atoms with Crippen molar-refractivity contribution < 1.29 is 4.74 Å². The molecule has 0 aliphatic carbocycles. The summed E-state index contributed by atoms with van der Waals surface area (Å²) in [6.07, 6.45) is 5.21. The van der Waals surface area contributed by atoms with Crippen LogP contribution < -0.4 is 10.5 Å². The van der Waals surface area contributed by atoms with Gasteiger partial charge >= 0.3 is 0 Å². The number of hydrogen-bond acceptors (Lipinski definition) is 3. The molecule has 2 aromatic rings. The largest absolute Gasteiger partial charge is 0.496 e. The first-order chi connectivity index (χ1) is 9.19. The Hall–Kier alpha value is -1.39. The molecule has 0 amide bonds. The molecule has 19 heavy (non-hydrogen) atoms. The van der Waals surface area contributed by atoms with E-state index < -0.39 is 0 Å². The number of nitrogens with zero attached hydrogens (tertiary/aromatic N) is 1. The van der Waals surface area contributed by atoms with Gasteiger partial charge in [-0.1, -0.05) is 18.2 Å². The second-order valence-corrected chi connectivity index (χ2v) is 5.41. The summed E-state index contributed by atoms with van der Waals surface area (Å²) >= 11 is 3.42. The molecule has 1 heterocycles. The number of ether oxygens (including phenoxy) is 1. The number of methoxy groups -OCH3 is 1. The maximum Gasteiger partial charge on any atom is 0.122 e. The molecule has 3 nitrogen and oxygen atoms in total. The lowest BCUT2D eigenvalue weighted by Gasteiger charge is -2.14. The molecule has 0 aliphatic heterocycles. The van der Waals surface area contributed by atoms with E-state index in [-0.39, 0.29) is 6.04 Å². The summed E-state index contributed by atoms with van der Waals surface area (Å²) < 4.78 is 6.32. The molecular weight excluding hydrogens is 304 g/mol. The third-order valence-corrected chi connectivity index (χ3v) is 3.37. The third-order valence-electron chi connectivity index (χ3n) is 2.93. The van der Waals surface area contributed by atoms with Gasteiger partial charge < -0.3 is 10.5 Å². The van der Waals surface area contributed by atoms with Crippen LogP contribution in [0.1, 0.15) is 11.1 Å². The lowest BCUT2D eigenvalue weighted by Crippen LogP contribution is -2.25. The molecule has 1 atom stereocenters. The fraction of sp³-hybridized carbons (Fsp3) is 0.267. The number of benzene rings is 1. The fourth-order valence-electron chi connectivity index (χ4n) is 2.10. The first-order valence-electron chi connectivity index (χ1n) is 6.16. The molecule has 0 fully saturated rings. The van der Waals surface area contributed by atoms with Crippen molar-refractivity contribution in [2.24, 2.45) is 5.73 Å². The topological polar surface area (TPSA) is 48.1 Å². The second-order valence-electron chi connectivity index (χ2n) is 4.49. The summed E-state index contributed by atoms with van der Waals surface area (Å²) in [5.74, 6) is 0.894. The van der Waals surface area contributed by atoms with Gasteiger partial charge in [0, 0.05) is 22.9 Å². The predicted octanol–water partition coefficient (Wildman–Crippen LogP) is 2.97. The summed E-state index contributed by atoms with van der Waals surface area (Å²) in [5, 5.41) is 0. The summed E-state index contributed by atoms with van der Waals surface area (Å²) in [6.45, 7) is 0. The molecule has 100 valence electrons. The van der Waals surface area contributed by atoms with Crippen molar-refractivity contribution in [1.29, 1.82) is 0 Å². The normalized spacial score (nSPS) is 12.2. The van der Waals surface area contributed by atoms with Crippen LogP contribution in [0.4, 0.5) is 0 Å². The van der Waals surface area contributed by atoms with Crippen molar-refractivity contribution in [3.8, 4) is 5.75 Å². The average molecular weight is 321 g/mol. The number of halogens is 1. The Morgan fingerprint density at radius 1 is 1.26 bits per heavy atom. The van der Waals surface area contributed by atoms with Crippen molar-refractivity contribution in [3.63, 3.8) is 0 Å². The van der Waals surface area contributed by atoms with Crippen LogP contribution in [0, 0.1) is 0 Å². The Morgan fingerprint density at radius 3 is 2.79 bits per heavy atom. The summed E-state index contributed by atoms with van der Waals surface area (Å²) in [7, 11) is 1.68. The highest BCUT2D eigenvalue weighted by molar-refractivity contribution is 9.10. The SMILES string of the molecule is COc1ccccc1CC(N)Cc1cncc(Br)c1. The van der Waals surface area contributed by atoms with E-state index >= 15 is 0 Å². The molecule has 1 unspecified atom stereocenters. The molecule has 0 radical (unpaired) electrons.